The quantitative estimate of drug-likeness (QED) is 0.844. The lowest BCUT2D eigenvalue weighted by Crippen LogP contribution is -2.48. The largest absolute Gasteiger partial charge is 0.374 e. The number of nitrogens with one attached hydrogen (secondary N) is 1. The van der Waals surface area contributed by atoms with E-state index in [0.29, 0.717) is 36.0 Å². The molecule has 1 aliphatic heterocycles. The molecule has 1 N–H and O–H groups in total. The fraction of sp³-hybridized carbons (Fsp3) is 0.500. The van der Waals surface area contributed by atoms with Crippen LogP contribution in [0.1, 0.15) is 29.9 Å². The lowest BCUT2D eigenvalue weighted by atomic mass is 10.1. The summed E-state index contributed by atoms with van der Waals surface area (Å²) in [4.78, 5) is 14.9. The number of carbonyl (C=O) groups is 1. The van der Waals surface area contributed by atoms with Gasteiger partial charge in [0.05, 0.1) is 30.2 Å². The maximum Gasteiger partial charge on any atom is 0.254 e. The number of morpholine rings is 1. The molecule has 0 spiro atoms. The van der Waals surface area contributed by atoms with Crippen LogP contribution in [0.5, 0.6) is 0 Å². The summed E-state index contributed by atoms with van der Waals surface area (Å²) in [5.74, 6) is 0.00129. The molecule has 0 aliphatic carbocycles. The molecule has 1 aromatic heterocycles. The van der Waals surface area contributed by atoms with E-state index >= 15 is 0 Å². The predicted molar refractivity (Wildman–Crippen MR) is 102 cm³/mol. The molecule has 2 aromatic rings. The summed E-state index contributed by atoms with van der Waals surface area (Å²) < 4.78 is 21.2. The van der Waals surface area contributed by atoms with Gasteiger partial charge in [0.25, 0.3) is 5.91 Å². The Balaban J connectivity index is 1.61. The minimum absolute atomic E-state index is 0.0247. The van der Waals surface area contributed by atoms with Crippen molar-refractivity contribution in [3.63, 3.8) is 0 Å². The zero-order valence-electron chi connectivity index (χ0n) is 16.1. The van der Waals surface area contributed by atoms with Crippen molar-refractivity contribution in [1.29, 1.82) is 0 Å². The van der Waals surface area contributed by atoms with Crippen molar-refractivity contribution >= 4 is 5.91 Å². The van der Waals surface area contributed by atoms with Crippen molar-refractivity contribution in [2.75, 3.05) is 32.8 Å². The van der Waals surface area contributed by atoms with E-state index in [1.165, 1.54) is 16.9 Å². The summed E-state index contributed by atoms with van der Waals surface area (Å²) in [5, 5.41) is 7.11. The minimum atomic E-state index is -0.378. The molecule has 0 saturated carbocycles. The predicted octanol–water partition coefficient (Wildman–Crippen LogP) is 2.41. The third-order valence-electron chi connectivity index (χ3n) is 4.67. The van der Waals surface area contributed by atoms with Crippen LogP contribution in [0.2, 0.25) is 0 Å². The van der Waals surface area contributed by atoms with E-state index in [2.05, 4.69) is 29.2 Å². The maximum absolute atomic E-state index is 14.0. The molecule has 146 valence electrons. The Labute approximate surface area is 159 Å². The Morgan fingerprint density at radius 1 is 1.41 bits per heavy atom. The summed E-state index contributed by atoms with van der Waals surface area (Å²) in [5.41, 5.74) is 1.37. The third kappa shape index (κ3) is 4.73. The summed E-state index contributed by atoms with van der Waals surface area (Å²) in [6, 6.07) is 6.37. The van der Waals surface area contributed by atoms with E-state index in [4.69, 9.17) is 4.74 Å². The van der Waals surface area contributed by atoms with Gasteiger partial charge >= 0.3 is 0 Å². The van der Waals surface area contributed by atoms with E-state index in [1.807, 2.05) is 0 Å². The molecule has 1 aromatic carbocycles. The van der Waals surface area contributed by atoms with Crippen LogP contribution in [0.25, 0.3) is 5.69 Å². The molecule has 0 bridgehead atoms. The Morgan fingerprint density at radius 2 is 2.19 bits per heavy atom. The fourth-order valence-electron chi connectivity index (χ4n) is 3.39. The highest BCUT2D eigenvalue weighted by Gasteiger charge is 2.23. The second-order valence-electron chi connectivity index (χ2n) is 7.36. The van der Waals surface area contributed by atoms with Gasteiger partial charge in [-0.25, -0.2) is 9.07 Å². The highest BCUT2D eigenvalue weighted by atomic mass is 19.1. The minimum Gasteiger partial charge on any atom is -0.374 e. The van der Waals surface area contributed by atoms with Gasteiger partial charge in [0.15, 0.2) is 0 Å². The number of hydrogen-bond donors (Lipinski definition) is 1. The lowest BCUT2D eigenvalue weighted by molar-refractivity contribution is -0.0295. The standard InChI is InChI=1S/C20H27FN4O2/c1-14(2)12-24-8-9-27-16(13-24)10-22-20(26)17-11-23-25(15(17)3)19-7-5-4-6-18(19)21/h4-7,11,14,16H,8-10,12-13H2,1-3H3,(H,22,26). The Bertz CT molecular complexity index is 790. The summed E-state index contributed by atoms with van der Waals surface area (Å²) in [6.45, 7) is 10.0. The van der Waals surface area contributed by atoms with Crippen LogP contribution >= 0.6 is 0 Å². The molecule has 1 unspecified atom stereocenters. The molecule has 2 heterocycles. The van der Waals surface area contributed by atoms with Gasteiger partial charge in [0, 0.05) is 26.2 Å². The molecular weight excluding hydrogens is 347 g/mol. The molecule has 1 fully saturated rings. The maximum atomic E-state index is 14.0. The molecule has 1 amide bonds. The first-order chi connectivity index (χ1) is 13.0. The fourth-order valence-corrected chi connectivity index (χ4v) is 3.39. The van der Waals surface area contributed by atoms with Gasteiger partial charge in [0.2, 0.25) is 0 Å². The molecule has 1 atom stereocenters. The van der Waals surface area contributed by atoms with Crippen molar-refractivity contribution in [3.8, 4) is 5.69 Å². The summed E-state index contributed by atoms with van der Waals surface area (Å²) in [6.07, 6.45) is 1.45. The van der Waals surface area contributed by atoms with E-state index in [1.54, 1.807) is 25.1 Å². The smallest absolute Gasteiger partial charge is 0.254 e. The van der Waals surface area contributed by atoms with Crippen LogP contribution in [0.15, 0.2) is 30.5 Å². The highest BCUT2D eigenvalue weighted by Crippen LogP contribution is 2.17. The number of halogens is 1. The molecule has 0 radical (unpaired) electrons. The second-order valence-corrected chi connectivity index (χ2v) is 7.36. The van der Waals surface area contributed by atoms with E-state index in [9.17, 15) is 9.18 Å². The van der Waals surface area contributed by atoms with E-state index in [0.717, 1.165) is 19.6 Å². The zero-order chi connectivity index (χ0) is 19.4. The summed E-state index contributed by atoms with van der Waals surface area (Å²) >= 11 is 0. The van der Waals surface area contributed by atoms with Crippen LogP contribution in [0, 0.1) is 18.7 Å². The van der Waals surface area contributed by atoms with Crippen LogP contribution in [0.3, 0.4) is 0 Å². The summed E-state index contributed by atoms with van der Waals surface area (Å²) in [7, 11) is 0. The lowest BCUT2D eigenvalue weighted by Gasteiger charge is -2.33. The third-order valence-corrected chi connectivity index (χ3v) is 4.67. The van der Waals surface area contributed by atoms with Crippen molar-refractivity contribution < 1.29 is 13.9 Å². The van der Waals surface area contributed by atoms with Gasteiger partial charge in [-0.05, 0) is 25.0 Å². The van der Waals surface area contributed by atoms with Crippen molar-refractivity contribution in [2.45, 2.75) is 26.9 Å². The molecular formula is C20H27FN4O2. The number of hydrogen-bond acceptors (Lipinski definition) is 4. The van der Waals surface area contributed by atoms with Crippen molar-refractivity contribution in [3.05, 3.63) is 47.5 Å². The van der Waals surface area contributed by atoms with Gasteiger partial charge in [0.1, 0.15) is 11.5 Å². The molecule has 27 heavy (non-hydrogen) atoms. The number of aromatic nitrogens is 2. The number of rotatable bonds is 6. The molecule has 1 aliphatic rings. The number of nitrogens with zero attached hydrogens (tertiary/aromatic N) is 3. The molecule has 6 nitrogen and oxygen atoms in total. The normalized spacial score (nSPS) is 18.0. The topological polar surface area (TPSA) is 59.4 Å². The second kappa shape index (κ2) is 8.63. The van der Waals surface area contributed by atoms with E-state index < -0.39 is 0 Å². The van der Waals surface area contributed by atoms with Crippen LogP contribution in [-0.4, -0.2) is 59.5 Å². The van der Waals surface area contributed by atoms with Crippen LogP contribution in [-0.2, 0) is 4.74 Å². The van der Waals surface area contributed by atoms with Gasteiger partial charge < -0.3 is 10.1 Å². The van der Waals surface area contributed by atoms with Crippen molar-refractivity contribution in [1.82, 2.24) is 20.0 Å². The molecule has 3 rings (SSSR count). The Kier molecular flexibility index (Phi) is 6.23. The SMILES string of the molecule is Cc1c(C(=O)NCC2CN(CC(C)C)CCO2)cnn1-c1ccccc1F. The van der Waals surface area contributed by atoms with Crippen LogP contribution in [0.4, 0.5) is 4.39 Å². The number of ether oxygens (including phenoxy) is 1. The van der Waals surface area contributed by atoms with Gasteiger partial charge in [-0.2, -0.15) is 5.10 Å². The van der Waals surface area contributed by atoms with E-state index in [-0.39, 0.29) is 17.8 Å². The van der Waals surface area contributed by atoms with Crippen LogP contribution < -0.4 is 5.32 Å². The number of benzene rings is 1. The molecule has 7 heteroatoms. The van der Waals surface area contributed by atoms with Crippen molar-refractivity contribution in [2.24, 2.45) is 5.92 Å². The van der Waals surface area contributed by atoms with Gasteiger partial charge in [-0.3, -0.25) is 9.69 Å². The van der Waals surface area contributed by atoms with Gasteiger partial charge in [-0.1, -0.05) is 26.0 Å². The van der Waals surface area contributed by atoms with Gasteiger partial charge in [-0.15, -0.1) is 0 Å². The Hall–Kier alpha value is -2.25. The monoisotopic (exact) mass is 374 g/mol. The first-order valence-corrected chi connectivity index (χ1v) is 9.37. The highest BCUT2D eigenvalue weighted by molar-refractivity contribution is 5.95. The first kappa shape index (κ1) is 19.5. The average molecular weight is 374 g/mol. The zero-order valence-corrected chi connectivity index (χ0v) is 16.1. The average Bonchev–Trinajstić information content (AvgIpc) is 3.01. The number of amides is 1. The first-order valence-electron chi connectivity index (χ1n) is 9.37. The number of carbonyl (C=O) groups excluding carboxylic acids is 1. The number of para-hydroxylation sites is 1. The molecule has 1 saturated heterocycles. The Morgan fingerprint density at radius 3 is 2.93 bits per heavy atom.